The van der Waals surface area contributed by atoms with Gasteiger partial charge in [-0.1, -0.05) is 44.2 Å². The Hall–Kier alpha value is -2.82. The molecule has 2 N–H and O–H groups in total. The first-order valence-electron chi connectivity index (χ1n) is 9.28. The number of benzene rings is 2. The lowest BCUT2D eigenvalue weighted by atomic mass is 10.0. The summed E-state index contributed by atoms with van der Waals surface area (Å²) in [6.07, 6.45) is 1.21. The Kier molecular flexibility index (Phi) is 7.41. The highest BCUT2D eigenvalue weighted by Gasteiger charge is 2.09. The molecule has 27 heavy (non-hydrogen) atoms. The molecule has 0 aliphatic heterocycles. The van der Waals surface area contributed by atoms with Crippen LogP contribution in [0.2, 0.25) is 0 Å². The topological polar surface area (TPSA) is 61.4 Å². The van der Waals surface area contributed by atoms with Gasteiger partial charge in [0.15, 0.2) is 0 Å². The Morgan fingerprint density at radius 2 is 1.67 bits per heavy atom. The number of carbonyl (C=O) groups excluding carboxylic acids is 2. The minimum absolute atomic E-state index is 0.0799. The first kappa shape index (κ1) is 20.5. The molecule has 0 aliphatic rings. The Morgan fingerprint density at radius 1 is 1.00 bits per heavy atom. The fourth-order valence-electron chi connectivity index (χ4n) is 2.76. The summed E-state index contributed by atoms with van der Waals surface area (Å²) >= 11 is 0. The summed E-state index contributed by atoms with van der Waals surface area (Å²) in [4.78, 5) is 25.5. The van der Waals surface area contributed by atoms with E-state index in [0.717, 1.165) is 22.5 Å². The number of aryl methyl sites for hydroxylation is 1. The lowest BCUT2D eigenvalue weighted by Gasteiger charge is -2.14. The molecule has 0 heterocycles. The van der Waals surface area contributed by atoms with Gasteiger partial charge in [0.05, 0.1) is 6.54 Å². The molecule has 2 rings (SSSR count). The highest BCUT2D eigenvalue weighted by atomic mass is 16.2. The molecule has 0 unspecified atom stereocenters. The Bertz CT molecular complexity index is 767. The minimum atomic E-state index is -0.0799. The van der Waals surface area contributed by atoms with E-state index in [9.17, 15) is 9.59 Å². The number of hydrogen-bond donors (Lipinski definition) is 2. The highest BCUT2D eigenvalue weighted by Crippen LogP contribution is 2.23. The van der Waals surface area contributed by atoms with E-state index in [0.29, 0.717) is 18.8 Å². The Labute approximate surface area is 161 Å². The molecular formula is C22H29N3O2. The van der Waals surface area contributed by atoms with Crippen molar-refractivity contribution in [3.8, 4) is 0 Å². The second kappa shape index (κ2) is 9.76. The van der Waals surface area contributed by atoms with Gasteiger partial charge >= 0.3 is 0 Å². The predicted molar refractivity (Wildman–Crippen MR) is 111 cm³/mol. The largest absolute Gasteiger partial charge is 0.376 e. The first-order valence-corrected chi connectivity index (χ1v) is 9.28. The van der Waals surface area contributed by atoms with E-state index >= 15 is 0 Å². The lowest BCUT2D eigenvalue weighted by Crippen LogP contribution is -2.22. The molecule has 0 bridgehead atoms. The molecule has 0 atom stereocenters. The quantitative estimate of drug-likeness (QED) is 0.744. The third-order valence-corrected chi connectivity index (χ3v) is 4.39. The average molecular weight is 367 g/mol. The van der Waals surface area contributed by atoms with Gasteiger partial charge in [-0.25, -0.2) is 0 Å². The van der Waals surface area contributed by atoms with Gasteiger partial charge in [0.25, 0.3) is 0 Å². The lowest BCUT2D eigenvalue weighted by molar-refractivity contribution is -0.128. The maximum absolute atomic E-state index is 12.3. The van der Waals surface area contributed by atoms with Crippen molar-refractivity contribution < 1.29 is 9.59 Å². The normalized spacial score (nSPS) is 10.6. The van der Waals surface area contributed by atoms with Crippen molar-refractivity contribution in [2.75, 3.05) is 31.3 Å². The van der Waals surface area contributed by atoms with Crippen molar-refractivity contribution in [2.24, 2.45) is 0 Å². The molecule has 5 heteroatoms. The average Bonchev–Trinajstić information content (AvgIpc) is 2.65. The van der Waals surface area contributed by atoms with Crippen LogP contribution in [0.5, 0.6) is 0 Å². The molecule has 0 aromatic heterocycles. The Morgan fingerprint density at radius 3 is 2.30 bits per heavy atom. The van der Waals surface area contributed by atoms with Crippen LogP contribution in [0.15, 0.2) is 48.5 Å². The van der Waals surface area contributed by atoms with Crippen LogP contribution in [0, 0.1) is 0 Å². The molecule has 2 amide bonds. The zero-order valence-corrected chi connectivity index (χ0v) is 16.6. The van der Waals surface area contributed by atoms with E-state index in [1.54, 1.807) is 19.0 Å². The number of nitrogens with zero attached hydrogens (tertiary/aromatic N) is 1. The maximum atomic E-state index is 12.3. The van der Waals surface area contributed by atoms with Crippen molar-refractivity contribution in [3.05, 3.63) is 59.7 Å². The second-order valence-corrected chi connectivity index (χ2v) is 7.13. The van der Waals surface area contributed by atoms with Crippen molar-refractivity contribution >= 4 is 23.2 Å². The number of para-hydroxylation sites is 1. The first-order chi connectivity index (χ1) is 12.9. The molecule has 144 valence electrons. The van der Waals surface area contributed by atoms with Gasteiger partial charge in [0.1, 0.15) is 0 Å². The minimum Gasteiger partial charge on any atom is -0.376 e. The zero-order valence-electron chi connectivity index (χ0n) is 16.6. The summed E-state index contributed by atoms with van der Waals surface area (Å²) in [7, 11) is 3.53. The number of nitrogens with one attached hydrogen (secondary N) is 2. The van der Waals surface area contributed by atoms with Gasteiger partial charge in [-0.15, -0.1) is 0 Å². The molecule has 2 aromatic carbocycles. The molecule has 5 nitrogen and oxygen atoms in total. The van der Waals surface area contributed by atoms with Crippen molar-refractivity contribution in [3.63, 3.8) is 0 Å². The summed E-state index contributed by atoms with van der Waals surface area (Å²) in [5.74, 6) is 0.390. The van der Waals surface area contributed by atoms with Gasteiger partial charge in [0, 0.05) is 31.9 Å². The summed E-state index contributed by atoms with van der Waals surface area (Å²) < 4.78 is 0. The summed E-state index contributed by atoms with van der Waals surface area (Å²) in [6, 6.07) is 15.7. The van der Waals surface area contributed by atoms with E-state index in [1.807, 2.05) is 48.5 Å². The second-order valence-electron chi connectivity index (χ2n) is 7.13. The van der Waals surface area contributed by atoms with Crippen LogP contribution in [0.1, 0.15) is 37.3 Å². The molecule has 0 radical (unpaired) electrons. The van der Waals surface area contributed by atoms with E-state index in [4.69, 9.17) is 0 Å². The monoisotopic (exact) mass is 367 g/mol. The van der Waals surface area contributed by atoms with E-state index < -0.39 is 0 Å². The Balaban J connectivity index is 1.84. The van der Waals surface area contributed by atoms with Gasteiger partial charge in [0.2, 0.25) is 11.8 Å². The molecule has 2 aromatic rings. The van der Waals surface area contributed by atoms with E-state index in [2.05, 4.69) is 24.5 Å². The van der Waals surface area contributed by atoms with Gasteiger partial charge in [-0.2, -0.15) is 0 Å². The molecule has 0 fully saturated rings. The number of rotatable bonds is 8. The fraction of sp³-hybridized carbons (Fsp3) is 0.364. The summed E-state index contributed by atoms with van der Waals surface area (Å²) in [5.41, 5.74) is 3.97. The van der Waals surface area contributed by atoms with Crippen LogP contribution in [-0.2, 0) is 16.0 Å². The van der Waals surface area contributed by atoms with Gasteiger partial charge < -0.3 is 15.5 Å². The van der Waals surface area contributed by atoms with E-state index in [-0.39, 0.29) is 18.4 Å². The SMILES string of the molecule is CC(C)c1ccccc1NC(=O)CNc1ccc(CCC(=O)N(C)C)cc1. The van der Waals surface area contributed by atoms with Crippen LogP contribution < -0.4 is 10.6 Å². The molecule has 0 saturated carbocycles. The van der Waals surface area contributed by atoms with Gasteiger partial charge in [-0.3, -0.25) is 9.59 Å². The smallest absolute Gasteiger partial charge is 0.243 e. The molecule has 0 aliphatic carbocycles. The van der Waals surface area contributed by atoms with Crippen molar-refractivity contribution in [2.45, 2.75) is 32.6 Å². The number of hydrogen-bond acceptors (Lipinski definition) is 3. The highest BCUT2D eigenvalue weighted by molar-refractivity contribution is 5.94. The van der Waals surface area contributed by atoms with Crippen LogP contribution >= 0.6 is 0 Å². The summed E-state index contributed by atoms with van der Waals surface area (Å²) in [6.45, 7) is 4.42. The standard InChI is InChI=1S/C22H29N3O2/c1-16(2)19-7-5-6-8-20(19)24-21(26)15-23-18-12-9-17(10-13-18)11-14-22(27)25(3)4/h5-10,12-13,16,23H,11,14-15H2,1-4H3,(H,24,26). The number of anilines is 2. The number of amides is 2. The molecule has 0 spiro atoms. The zero-order chi connectivity index (χ0) is 19.8. The van der Waals surface area contributed by atoms with E-state index in [1.165, 1.54) is 0 Å². The van der Waals surface area contributed by atoms with Crippen LogP contribution in [0.3, 0.4) is 0 Å². The molecule has 0 saturated heterocycles. The number of carbonyl (C=O) groups is 2. The van der Waals surface area contributed by atoms with Crippen LogP contribution in [0.4, 0.5) is 11.4 Å². The fourth-order valence-corrected chi connectivity index (χ4v) is 2.76. The predicted octanol–water partition coefficient (Wildman–Crippen LogP) is 3.88. The molecular weight excluding hydrogens is 338 g/mol. The van der Waals surface area contributed by atoms with Crippen molar-refractivity contribution in [1.29, 1.82) is 0 Å². The summed E-state index contributed by atoms with van der Waals surface area (Å²) in [5, 5.41) is 6.11. The maximum Gasteiger partial charge on any atom is 0.243 e. The third-order valence-electron chi connectivity index (χ3n) is 4.39. The van der Waals surface area contributed by atoms with Crippen LogP contribution in [-0.4, -0.2) is 37.4 Å². The van der Waals surface area contributed by atoms with Gasteiger partial charge in [-0.05, 0) is 41.7 Å². The van der Waals surface area contributed by atoms with Crippen molar-refractivity contribution in [1.82, 2.24) is 4.90 Å². The van der Waals surface area contributed by atoms with Crippen LogP contribution in [0.25, 0.3) is 0 Å². The third kappa shape index (κ3) is 6.44.